The van der Waals surface area contributed by atoms with E-state index in [-0.39, 0.29) is 11.9 Å². The standard InChI is InChI=1S/C27H30BF2N3O3/c1-26(2)27(3,4)36-28(35-26)15-5-7-16(8-6-15)32-25(34)11-20-18-9-17(10-19(18)20)33-14-31-23-12-21(29)22(30)13-24(23)33/h5-8,12-14,17-20H,9-11H2,1-4H3,(H,32,34). The van der Waals surface area contributed by atoms with Gasteiger partial charge in [0.1, 0.15) is 0 Å². The molecule has 2 saturated carbocycles. The highest BCUT2D eigenvalue weighted by Crippen LogP contribution is 2.62. The van der Waals surface area contributed by atoms with Crippen LogP contribution in [0.2, 0.25) is 0 Å². The molecule has 2 aromatic carbocycles. The first-order valence-electron chi connectivity index (χ1n) is 12.6. The molecule has 2 aliphatic carbocycles. The van der Waals surface area contributed by atoms with E-state index in [0.29, 0.717) is 35.2 Å². The fraction of sp³-hybridized carbons (Fsp3) is 0.481. The Kier molecular flexibility index (Phi) is 5.32. The number of halogens is 2. The minimum atomic E-state index is -0.879. The van der Waals surface area contributed by atoms with Crippen molar-refractivity contribution in [3.8, 4) is 0 Å². The van der Waals surface area contributed by atoms with Crippen LogP contribution in [0.15, 0.2) is 42.7 Å². The summed E-state index contributed by atoms with van der Waals surface area (Å²) in [6.07, 6.45) is 4.02. The van der Waals surface area contributed by atoms with Gasteiger partial charge in [0.15, 0.2) is 11.6 Å². The number of carbonyl (C=O) groups is 1. The molecule has 1 aromatic heterocycles. The molecule has 9 heteroatoms. The monoisotopic (exact) mass is 493 g/mol. The Morgan fingerprint density at radius 1 is 1.06 bits per heavy atom. The lowest BCUT2D eigenvalue weighted by molar-refractivity contribution is -0.116. The largest absolute Gasteiger partial charge is 0.494 e. The lowest BCUT2D eigenvalue weighted by atomic mass is 9.79. The molecule has 0 radical (unpaired) electrons. The van der Waals surface area contributed by atoms with Crippen LogP contribution in [0.5, 0.6) is 0 Å². The molecule has 1 aliphatic heterocycles. The number of hydrogen-bond donors (Lipinski definition) is 1. The number of carbonyl (C=O) groups excluding carboxylic acids is 1. The van der Waals surface area contributed by atoms with Crippen LogP contribution in [0.3, 0.4) is 0 Å². The van der Waals surface area contributed by atoms with Crippen molar-refractivity contribution in [3.63, 3.8) is 0 Å². The second kappa shape index (κ2) is 8.11. The van der Waals surface area contributed by atoms with Crippen molar-refractivity contribution in [1.82, 2.24) is 9.55 Å². The summed E-state index contributed by atoms with van der Waals surface area (Å²) in [7, 11) is -0.429. The van der Waals surface area contributed by atoms with E-state index >= 15 is 0 Å². The smallest absolute Gasteiger partial charge is 0.399 e. The molecule has 0 spiro atoms. The normalized spacial score (nSPS) is 27.9. The van der Waals surface area contributed by atoms with Gasteiger partial charge in [-0.05, 0) is 75.9 Å². The van der Waals surface area contributed by atoms with E-state index in [1.807, 2.05) is 56.5 Å². The lowest BCUT2D eigenvalue weighted by Crippen LogP contribution is -2.41. The van der Waals surface area contributed by atoms with E-state index in [2.05, 4.69) is 10.3 Å². The second-order valence-corrected chi connectivity index (χ2v) is 11.5. The Hall–Kier alpha value is -2.78. The molecule has 188 valence electrons. The molecule has 3 aromatic rings. The van der Waals surface area contributed by atoms with Crippen LogP contribution in [-0.2, 0) is 14.1 Å². The van der Waals surface area contributed by atoms with Gasteiger partial charge in [-0.1, -0.05) is 12.1 Å². The summed E-state index contributed by atoms with van der Waals surface area (Å²) in [5.41, 5.74) is 1.97. The lowest BCUT2D eigenvalue weighted by Gasteiger charge is -2.32. The van der Waals surface area contributed by atoms with E-state index in [1.54, 1.807) is 6.33 Å². The number of benzene rings is 2. The van der Waals surface area contributed by atoms with Crippen LogP contribution in [0.25, 0.3) is 11.0 Å². The third-order valence-electron chi connectivity index (χ3n) is 8.75. The Labute approximate surface area is 209 Å². The number of aromatic nitrogens is 2. The summed E-state index contributed by atoms with van der Waals surface area (Å²) < 4.78 is 41.4. The topological polar surface area (TPSA) is 65.4 Å². The number of rotatable bonds is 5. The van der Waals surface area contributed by atoms with Crippen molar-refractivity contribution in [1.29, 1.82) is 0 Å². The second-order valence-electron chi connectivity index (χ2n) is 11.5. The summed E-state index contributed by atoms with van der Waals surface area (Å²) in [5.74, 6) is -0.389. The highest BCUT2D eigenvalue weighted by atomic mass is 19.2. The van der Waals surface area contributed by atoms with Crippen molar-refractivity contribution >= 4 is 35.2 Å². The molecule has 2 atom stereocenters. The predicted molar refractivity (Wildman–Crippen MR) is 134 cm³/mol. The fourth-order valence-corrected chi connectivity index (χ4v) is 5.92. The first kappa shape index (κ1) is 23.6. The molecule has 6 nitrogen and oxygen atoms in total. The summed E-state index contributed by atoms with van der Waals surface area (Å²) >= 11 is 0. The zero-order valence-corrected chi connectivity index (χ0v) is 20.9. The van der Waals surface area contributed by atoms with Gasteiger partial charge in [-0.3, -0.25) is 4.79 Å². The summed E-state index contributed by atoms with van der Waals surface area (Å²) in [6.45, 7) is 8.09. The summed E-state index contributed by atoms with van der Waals surface area (Å²) in [5, 5.41) is 3.01. The van der Waals surface area contributed by atoms with Gasteiger partial charge in [-0.2, -0.15) is 0 Å². The van der Waals surface area contributed by atoms with Gasteiger partial charge in [-0.25, -0.2) is 13.8 Å². The first-order chi connectivity index (χ1) is 17.0. The maximum absolute atomic E-state index is 13.8. The van der Waals surface area contributed by atoms with Crippen LogP contribution in [0, 0.1) is 29.4 Å². The summed E-state index contributed by atoms with van der Waals surface area (Å²) in [4.78, 5) is 16.9. The Morgan fingerprint density at radius 3 is 2.31 bits per heavy atom. The van der Waals surface area contributed by atoms with E-state index in [1.165, 1.54) is 6.07 Å². The van der Waals surface area contributed by atoms with Gasteiger partial charge in [0.25, 0.3) is 0 Å². The molecule has 2 heterocycles. The van der Waals surface area contributed by atoms with Crippen LogP contribution < -0.4 is 10.8 Å². The number of fused-ring (bicyclic) bond motifs is 2. The van der Waals surface area contributed by atoms with Crippen molar-refractivity contribution < 1.29 is 22.9 Å². The maximum Gasteiger partial charge on any atom is 0.494 e. The summed E-state index contributed by atoms with van der Waals surface area (Å²) in [6, 6.07) is 10.2. The average Bonchev–Trinajstić information content (AvgIpc) is 3.13. The highest BCUT2D eigenvalue weighted by Gasteiger charge is 2.56. The van der Waals surface area contributed by atoms with Crippen molar-refractivity contribution in [3.05, 3.63) is 54.4 Å². The minimum absolute atomic E-state index is 0.0139. The number of nitrogens with zero attached hydrogens (tertiary/aromatic N) is 2. The molecule has 3 aliphatic rings. The van der Waals surface area contributed by atoms with Gasteiger partial charge in [-0.15, -0.1) is 0 Å². The quantitative estimate of drug-likeness (QED) is 0.517. The van der Waals surface area contributed by atoms with Gasteiger partial charge in [0.2, 0.25) is 5.91 Å². The van der Waals surface area contributed by atoms with Gasteiger partial charge in [0, 0.05) is 30.3 Å². The van der Waals surface area contributed by atoms with Gasteiger partial charge < -0.3 is 19.2 Å². The van der Waals surface area contributed by atoms with Crippen LogP contribution >= 0.6 is 0 Å². The predicted octanol–water partition coefficient (Wildman–Crippen LogP) is 4.84. The molecule has 1 N–H and O–H groups in total. The Balaban J connectivity index is 1.02. The van der Waals surface area contributed by atoms with Gasteiger partial charge >= 0.3 is 7.12 Å². The highest BCUT2D eigenvalue weighted by molar-refractivity contribution is 6.62. The van der Waals surface area contributed by atoms with E-state index in [9.17, 15) is 13.6 Å². The zero-order valence-electron chi connectivity index (χ0n) is 20.9. The molecule has 1 amide bonds. The molecular formula is C27H30BF2N3O3. The van der Waals surface area contributed by atoms with Gasteiger partial charge in [0.05, 0.1) is 28.6 Å². The Morgan fingerprint density at radius 2 is 1.67 bits per heavy atom. The van der Waals surface area contributed by atoms with Crippen LogP contribution in [-0.4, -0.2) is 33.8 Å². The number of hydrogen-bond acceptors (Lipinski definition) is 4. The maximum atomic E-state index is 13.8. The van der Waals surface area contributed by atoms with E-state index in [4.69, 9.17) is 9.31 Å². The fourth-order valence-electron chi connectivity index (χ4n) is 5.92. The molecule has 0 bridgehead atoms. The molecular weight excluding hydrogens is 463 g/mol. The number of anilines is 1. The molecule has 6 rings (SSSR count). The SMILES string of the molecule is CC1(C)OB(c2ccc(NC(=O)CC3C4CC(n5cnc6cc(F)c(F)cc65)CC34)cc2)OC1(C)C. The average molecular weight is 493 g/mol. The number of nitrogens with one attached hydrogen (secondary N) is 1. The third kappa shape index (κ3) is 3.93. The Bertz CT molecular complexity index is 1310. The van der Waals surface area contributed by atoms with Crippen LogP contribution in [0.1, 0.15) is 53.0 Å². The van der Waals surface area contributed by atoms with Crippen LogP contribution in [0.4, 0.5) is 14.5 Å². The number of imidazole rings is 1. The molecule has 3 fully saturated rings. The first-order valence-corrected chi connectivity index (χ1v) is 12.6. The molecule has 1 saturated heterocycles. The zero-order chi connectivity index (χ0) is 25.4. The van der Waals surface area contributed by atoms with Crippen molar-refractivity contribution in [2.45, 2.75) is 64.2 Å². The minimum Gasteiger partial charge on any atom is -0.399 e. The molecule has 2 unspecified atom stereocenters. The third-order valence-corrected chi connectivity index (χ3v) is 8.75. The van der Waals surface area contributed by atoms with E-state index in [0.717, 1.165) is 30.1 Å². The van der Waals surface area contributed by atoms with Crippen molar-refractivity contribution in [2.24, 2.45) is 17.8 Å². The number of amides is 1. The van der Waals surface area contributed by atoms with Crippen molar-refractivity contribution in [2.75, 3.05) is 5.32 Å². The van der Waals surface area contributed by atoms with E-state index < -0.39 is 30.0 Å². The molecule has 36 heavy (non-hydrogen) atoms.